The van der Waals surface area contributed by atoms with Crippen LogP contribution in [0, 0.1) is 0 Å². The molecule has 0 amide bonds. The minimum absolute atomic E-state index is 0. The van der Waals surface area contributed by atoms with Crippen molar-refractivity contribution in [3.8, 4) is 0 Å². The Labute approximate surface area is 289 Å². The molecular formula is C38H64Cl2HfSi3. The molecule has 0 spiro atoms. The molecule has 4 rings (SSSR count). The molecule has 0 fully saturated rings. The SMILES string of the molecule is CC(C)c1cc(C(C)C)c2c(c1)[CH]([Hf]([CH3])([CH3])(=[SiH2])[CH]1C([Si](C)(C)C)=Cc3c(C(C)C)cc(C(C)C)cc31)C([Si](C)(C)C)=C2.Cl.Cl. The van der Waals surface area contributed by atoms with Gasteiger partial charge < -0.3 is 0 Å². The second kappa shape index (κ2) is 13.1. The van der Waals surface area contributed by atoms with Crippen LogP contribution in [0.25, 0.3) is 12.2 Å². The van der Waals surface area contributed by atoms with Crippen LogP contribution >= 0.6 is 24.8 Å². The van der Waals surface area contributed by atoms with E-state index < -0.39 is 33.3 Å². The normalized spacial score (nSPS) is 18.8. The molecule has 2 aromatic rings. The van der Waals surface area contributed by atoms with E-state index in [2.05, 4.69) is 147 Å². The third-order valence-electron chi connectivity index (χ3n) is 10.6. The molecule has 0 aliphatic heterocycles. The van der Waals surface area contributed by atoms with Crippen LogP contribution in [0.5, 0.6) is 0 Å². The van der Waals surface area contributed by atoms with Crippen molar-refractivity contribution < 1.29 is 17.1 Å². The number of fused-ring (bicyclic) bond motifs is 2. The summed E-state index contributed by atoms with van der Waals surface area (Å²) < 4.78 is 7.04. The van der Waals surface area contributed by atoms with Crippen molar-refractivity contribution in [2.45, 2.75) is 135 Å². The summed E-state index contributed by atoms with van der Waals surface area (Å²) in [5, 5.41) is 3.70. The van der Waals surface area contributed by atoms with E-state index in [1.165, 1.54) is 0 Å². The summed E-state index contributed by atoms with van der Waals surface area (Å²) in [6.45, 7) is 37.5. The summed E-state index contributed by atoms with van der Waals surface area (Å²) in [5.41, 5.74) is 12.9. The zero-order valence-electron chi connectivity index (χ0n) is 31.0. The molecule has 0 bridgehead atoms. The fourth-order valence-electron chi connectivity index (χ4n) is 8.20. The molecule has 0 N–H and O–H groups in total. The van der Waals surface area contributed by atoms with Crippen LogP contribution < -0.4 is 0 Å². The van der Waals surface area contributed by atoms with Gasteiger partial charge in [-0.3, -0.25) is 0 Å². The first kappa shape index (κ1) is 40.2. The molecule has 2 unspecified atom stereocenters. The van der Waals surface area contributed by atoms with Crippen LogP contribution in [-0.4, -0.2) is 23.1 Å². The van der Waals surface area contributed by atoms with Crippen LogP contribution in [0.1, 0.15) is 131 Å². The summed E-state index contributed by atoms with van der Waals surface area (Å²) in [5.74, 6) is 2.17. The number of halogens is 2. The zero-order valence-corrected chi connectivity index (χ0v) is 39.6. The van der Waals surface area contributed by atoms with Crippen LogP contribution in [0.4, 0.5) is 0 Å². The maximum absolute atomic E-state index is 3.87. The first-order valence-electron chi connectivity index (χ1n) is 16.8. The Morgan fingerprint density at radius 3 is 1.07 bits per heavy atom. The van der Waals surface area contributed by atoms with E-state index in [1.54, 1.807) is 44.5 Å². The molecule has 6 heteroatoms. The second-order valence-electron chi connectivity index (χ2n) is 18.3. The van der Waals surface area contributed by atoms with E-state index in [1.807, 2.05) is 10.4 Å². The summed E-state index contributed by atoms with van der Waals surface area (Å²) in [4.78, 5) is 0. The maximum atomic E-state index is 2.89. The van der Waals surface area contributed by atoms with Gasteiger partial charge in [-0.1, -0.05) is 0 Å². The number of rotatable bonds is 8. The molecule has 246 valence electrons. The van der Waals surface area contributed by atoms with Gasteiger partial charge in [0.05, 0.1) is 0 Å². The maximum Gasteiger partial charge on any atom is -0.147 e. The standard InChI is InChI=1S/2C18H27Si.2CH3.2ClH.Hf.H2Si/c2*1-12(2)14-8-15-9-16(19(5,6)7)11-18(15)17(10-14)13(3)4;;;;;;/h2*8-13H,1-7H3;2*1H3;2*1H;;1H2. The monoisotopic (exact) mass is 854 g/mol. The average Bonchev–Trinajstić information content (AvgIpc) is 3.42. The Balaban J connectivity index is 0.00000337. The molecule has 2 aromatic carbocycles. The molecule has 0 saturated heterocycles. The Hall–Kier alpha value is 0.0208. The van der Waals surface area contributed by atoms with Gasteiger partial charge in [0.1, 0.15) is 0 Å². The van der Waals surface area contributed by atoms with Crippen molar-refractivity contribution in [3.05, 3.63) is 79.2 Å². The van der Waals surface area contributed by atoms with E-state index in [0.29, 0.717) is 31.0 Å². The number of allylic oxidation sites excluding steroid dienone is 2. The zero-order chi connectivity index (χ0) is 31.9. The van der Waals surface area contributed by atoms with Crippen molar-refractivity contribution in [1.82, 2.24) is 0 Å². The minimum atomic E-state index is -3.87. The van der Waals surface area contributed by atoms with Gasteiger partial charge in [-0.05, 0) is 0 Å². The van der Waals surface area contributed by atoms with Gasteiger partial charge in [-0.2, -0.15) is 0 Å². The summed E-state index contributed by atoms with van der Waals surface area (Å²) in [6, 6.07) is 10.5. The van der Waals surface area contributed by atoms with Crippen LogP contribution in [0.3, 0.4) is 0 Å². The Morgan fingerprint density at radius 1 is 0.545 bits per heavy atom. The number of hydrogen-bond acceptors (Lipinski definition) is 0. The van der Waals surface area contributed by atoms with Crippen LogP contribution in [0.15, 0.2) is 34.7 Å². The third-order valence-corrected chi connectivity index (χ3v) is 41.8. The molecule has 0 radical (unpaired) electrons. The van der Waals surface area contributed by atoms with E-state index in [0.717, 1.165) is 0 Å². The van der Waals surface area contributed by atoms with E-state index in [9.17, 15) is 0 Å². The Kier molecular flexibility index (Phi) is 12.0. The van der Waals surface area contributed by atoms with Crippen molar-refractivity contribution >= 4 is 60.1 Å². The quantitative estimate of drug-likeness (QED) is 0.232. The smallest absolute Gasteiger partial charge is 0.147 e. The predicted octanol–water partition coefficient (Wildman–Crippen LogP) is 12.7. The molecule has 2 aliphatic carbocycles. The Bertz CT molecular complexity index is 1430. The second-order valence-corrected chi connectivity index (χ2v) is 72.0. The largest absolute Gasteiger partial charge is 0.147 e. The fourth-order valence-corrected chi connectivity index (χ4v) is 57.2. The third kappa shape index (κ3) is 7.07. The van der Waals surface area contributed by atoms with Gasteiger partial charge in [0.25, 0.3) is 0 Å². The summed E-state index contributed by atoms with van der Waals surface area (Å²) in [6.07, 6.45) is 5.50. The summed E-state index contributed by atoms with van der Waals surface area (Å²) >= 11 is -3.87. The average molecular weight is 855 g/mol. The molecule has 2 atom stereocenters. The molecule has 2 aliphatic rings. The van der Waals surface area contributed by atoms with Crippen molar-refractivity contribution in [2.75, 3.05) is 0 Å². The van der Waals surface area contributed by atoms with Gasteiger partial charge in [-0.25, -0.2) is 0 Å². The minimum Gasteiger partial charge on any atom is -0.147 e. The number of benzene rings is 2. The van der Waals surface area contributed by atoms with Gasteiger partial charge >= 0.3 is 267 Å². The van der Waals surface area contributed by atoms with Crippen LogP contribution in [0.2, 0.25) is 48.6 Å². The van der Waals surface area contributed by atoms with Crippen molar-refractivity contribution in [1.29, 1.82) is 0 Å². The van der Waals surface area contributed by atoms with Crippen LogP contribution in [-0.2, 0) is 17.1 Å². The van der Waals surface area contributed by atoms with Gasteiger partial charge in [0.15, 0.2) is 0 Å². The molecule has 0 nitrogen and oxygen atoms in total. The van der Waals surface area contributed by atoms with Gasteiger partial charge in [-0.15, -0.1) is 24.8 Å². The number of hydrogen-bond donors (Lipinski definition) is 0. The first-order chi connectivity index (χ1) is 19.0. The summed E-state index contributed by atoms with van der Waals surface area (Å²) in [7, 11) is -3.20. The molecule has 0 saturated carbocycles. The molecule has 0 heterocycles. The van der Waals surface area contributed by atoms with E-state index >= 15 is 0 Å². The molecule has 44 heavy (non-hydrogen) atoms. The van der Waals surface area contributed by atoms with Gasteiger partial charge in [0.2, 0.25) is 0 Å². The molecule has 0 aromatic heterocycles. The fraction of sp³-hybridized carbons (Fsp3) is 0.579. The van der Waals surface area contributed by atoms with Crippen molar-refractivity contribution in [2.24, 2.45) is 0 Å². The predicted molar refractivity (Wildman–Crippen MR) is 212 cm³/mol. The molecular weight excluding hydrogens is 790 g/mol. The topological polar surface area (TPSA) is 0 Å². The Morgan fingerprint density at radius 2 is 0.841 bits per heavy atom. The van der Waals surface area contributed by atoms with Gasteiger partial charge in [0, 0.05) is 0 Å². The van der Waals surface area contributed by atoms with E-state index in [-0.39, 0.29) is 24.8 Å². The van der Waals surface area contributed by atoms with Crippen molar-refractivity contribution in [3.63, 3.8) is 0 Å². The van der Waals surface area contributed by atoms with E-state index in [4.69, 9.17) is 0 Å². The first-order valence-corrected chi connectivity index (χ1v) is 43.5.